The van der Waals surface area contributed by atoms with Crippen molar-refractivity contribution in [3.63, 3.8) is 0 Å². The van der Waals surface area contributed by atoms with E-state index in [0.717, 1.165) is 0 Å². The standard InChI is InChI=1S/C2H6O3.2Na.H2O4S/c3-1-2-5-4;;;1-5(2,3)4/h3-4H,1-2H2;;;(H2,1,2,3,4)/q;2*+1;/p-2. The first-order chi connectivity index (χ1) is 4.41. The Kier molecular flexibility index (Phi) is 29.8. The summed E-state index contributed by atoms with van der Waals surface area (Å²) >= 11 is 0. The van der Waals surface area contributed by atoms with E-state index in [9.17, 15) is 0 Å². The molecule has 0 spiro atoms. The van der Waals surface area contributed by atoms with Gasteiger partial charge in [-0.25, -0.2) is 4.89 Å². The van der Waals surface area contributed by atoms with Gasteiger partial charge in [0.2, 0.25) is 0 Å². The molecule has 0 heterocycles. The smallest absolute Gasteiger partial charge is 0.759 e. The maximum absolute atomic E-state index is 8.52. The van der Waals surface area contributed by atoms with Gasteiger partial charge >= 0.3 is 59.1 Å². The van der Waals surface area contributed by atoms with E-state index in [1.807, 2.05) is 0 Å². The summed E-state index contributed by atoms with van der Waals surface area (Å²) in [5.41, 5.74) is 0. The van der Waals surface area contributed by atoms with Crippen LogP contribution in [0.25, 0.3) is 0 Å². The van der Waals surface area contributed by atoms with Gasteiger partial charge < -0.3 is 14.2 Å². The van der Waals surface area contributed by atoms with Crippen LogP contribution in [0.5, 0.6) is 0 Å². The molecule has 0 radical (unpaired) electrons. The fourth-order valence-corrected chi connectivity index (χ4v) is 0.0408. The minimum Gasteiger partial charge on any atom is -0.759 e. The average molecular weight is 220 g/mol. The molecule has 7 nitrogen and oxygen atoms in total. The summed E-state index contributed by atoms with van der Waals surface area (Å²) in [7, 11) is -5.17. The molecule has 0 rings (SSSR count). The van der Waals surface area contributed by atoms with E-state index in [0.29, 0.717) is 0 Å². The van der Waals surface area contributed by atoms with Gasteiger partial charge in [0.15, 0.2) is 0 Å². The topological polar surface area (TPSA) is 130 Å². The van der Waals surface area contributed by atoms with E-state index < -0.39 is 10.4 Å². The Balaban J connectivity index is -0.0000000457. The van der Waals surface area contributed by atoms with Gasteiger partial charge in [-0.1, -0.05) is 0 Å². The van der Waals surface area contributed by atoms with E-state index in [4.69, 9.17) is 27.9 Å². The first-order valence-corrected chi connectivity index (χ1v) is 3.29. The maximum Gasteiger partial charge on any atom is 1.00 e. The monoisotopic (exact) mass is 220 g/mol. The maximum atomic E-state index is 8.52. The normalized spacial score (nSPS) is 8.33. The first-order valence-electron chi connectivity index (χ1n) is 1.95. The van der Waals surface area contributed by atoms with Gasteiger partial charge in [0.25, 0.3) is 0 Å². The van der Waals surface area contributed by atoms with Crippen LogP contribution in [0.15, 0.2) is 0 Å². The van der Waals surface area contributed by atoms with Crippen LogP contribution >= 0.6 is 0 Å². The molecule has 0 atom stereocenters. The summed E-state index contributed by atoms with van der Waals surface area (Å²) in [4.78, 5) is 3.44. The zero-order chi connectivity index (χ0) is 8.62. The third-order valence-corrected chi connectivity index (χ3v) is 0.183. The Labute approximate surface area is 114 Å². The van der Waals surface area contributed by atoms with Crippen LogP contribution < -0.4 is 59.1 Å². The third kappa shape index (κ3) is 96.6. The Morgan fingerprint density at radius 3 is 1.50 bits per heavy atom. The molecule has 0 saturated heterocycles. The molecule has 0 aromatic carbocycles. The molecule has 0 unspecified atom stereocenters. The SMILES string of the molecule is O=S(=O)([O-])[O-].OCCOO.[Na+].[Na+]. The molecule has 0 aromatic rings. The van der Waals surface area contributed by atoms with Gasteiger partial charge in [-0.05, 0) is 0 Å². The van der Waals surface area contributed by atoms with Crippen LogP contribution in [0.3, 0.4) is 0 Å². The van der Waals surface area contributed by atoms with E-state index >= 15 is 0 Å². The minimum atomic E-state index is -5.17. The molecule has 0 aromatic heterocycles. The van der Waals surface area contributed by atoms with Gasteiger partial charge in [-0.3, -0.25) is 13.7 Å². The predicted molar refractivity (Wildman–Crippen MR) is 26.1 cm³/mol. The number of aliphatic hydroxyl groups is 1. The number of aliphatic hydroxyl groups excluding tert-OH is 1. The second-order valence-corrected chi connectivity index (χ2v) is 1.78. The van der Waals surface area contributed by atoms with Crippen LogP contribution in [0, 0.1) is 0 Å². The van der Waals surface area contributed by atoms with Crippen molar-refractivity contribution in [1.82, 2.24) is 0 Å². The molecule has 0 saturated carbocycles. The fourth-order valence-electron chi connectivity index (χ4n) is 0.0408. The van der Waals surface area contributed by atoms with Gasteiger partial charge in [0.1, 0.15) is 6.61 Å². The molecular formula is C2H6Na2O7S. The van der Waals surface area contributed by atoms with E-state index in [1.54, 1.807) is 0 Å². The number of rotatable bonds is 2. The van der Waals surface area contributed by atoms with Crippen molar-refractivity contribution >= 4 is 10.4 Å². The molecule has 0 fully saturated rings. The summed E-state index contributed by atoms with van der Waals surface area (Å²) in [5.74, 6) is 0. The molecule has 0 aliphatic heterocycles. The van der Waals surface area contributed by atoms with Crippen molar-refractivity contribution in [2.45, 2.75) is 0 Å². The molecular weight excluding hydrogens is 214 g/mol. The zero-order valence-electron chi connectivity index (χ0n) is 6.76. The predicted octanol–water partition coefficient (Wildman–Crippen LogP) is -7.86. The van der Waals surface area contributed by atoms with Crippen molar-refractivity contribution in [3.05, 3.63) is 0 Å². The molecule has 2 N–H and O–H groups in total. The molecule has 12 heavy (non-hydrogen) atoms. The summed E-state index contributed by atoms with van der Waals surface area (Å²) < 4.78 is 34.1. The van der Waals surface area contributed by atoms with Crippen LogP contribution in [-0.2, 0) is 15.3 Å². The van der Waals surface area contributed by atoms with Crippen LogP contribution in [0.4, 0.5) is 0 Å². The second kappa shape index (κ2) is 15.2. The zero-order valence-corrected chi connectivity index (χ0v) is 11.6. The Hall–Kier alpha value is 1.75. The molecule has 0 aliphatic carbocycles. The first kappa shape index (κ1) is 23.5. The molecule has 0 bridgehead atoms. The van der Waals surface area contributed by atoms with Crippen molar-refractivity contribution in [2.24, 2.45) is 0 Å². The molecule has 0 amide bonds. The van der Waals surface area contributed by atoms with Crippen molar-refractivity contribution < 1.29 is 91.9 Å². The van der Waals surface area contributed by atoms with E-state index in [1.165, 1.54) is 0 Å². The number of hydrogen-bond acceptors (Lipinski definition) is 7. The number of hydrogen-bond donors (Lipinski definition) is 2. The summed E-state index contributed by atoms with van der Waals surface area (Å²) in [6.07, 6.45) is 0. The molecule has 10 heteroatoms. The second-order valence-electron chi connectivity index (χ2n) is 0.965. The van der Waals surface area contributed by atoms with Crippen molar-refractivity contribution in [2.75, 3.05) is 13.2 Å². The summed E-state index contributed by atoms with van der Waals surface area (Å²) in [5, 5.41) is 15.2. The van der Waals surface area contributed by atoms with Gasteiger partial charge in [0.05, 0.1) is 6.61 Å². The van der Waals surface area contributed by atoms with Crippen LogP contribution in [0.2, 0.25) is 0 Å². The molecule has 0 aliphatic rings. The fraction of sp³-hybridized carbons (Fsp3) is 1.00. The van der Waals surface area contributed by atoms with Gasteiger partial charge in [-0.2, -0.15) is 0 Å². The quantitative estimate of drug-likeness (QED) is 0.155. The average Bonchev–Trinajstić information content (AvgIpc) is 1.63. The summed E-state index contributed by atoms with van der Waals surface area (Å²) in [6, 6.07) is 0. The third-order valence-electron chi connectivity index (χ3n) is 0.183. The van der Waals surface area contributed by atoms with Crippen molar-refractivity contribution in [3.8, 4) is 0 Å². The van der Waals surface area contributed by atoms with Gasteiger partial charge in [0, 0.05) is 10.4 Å². The largest absolute Gasteiger partial charge is 1.00 e. The van der Waals surface area contributed by atoms with Crippen LogP contribution in [-0.4, -0.2) is 41.1 Å². The molecule has 64 valence electrons. The van der Waals surface area contributed by atoms with Crippen LogP contribution in [0.1, 0.15) is 0 Å². The Morgan fingerprint density at radius 2 is 1.50 bits per heavy atom. The van der Waals surface area contributed by atoms with E-state index in [-0.39, 0.29) is 72.3 Å². The Bertz CT molecular complexity index is 133. The van der Waals surface area contributed by atoms with Crippen molar-refractivity contribution in [1.29, 1.82) is 0 Å². The summed E-state index contributed by atoms with van der Waals surface area (Å²) in [6.45, 7) is -0.128. The van der Waals surface area contributed by atoms with Gasteiger partial charge in [-0.15, -0.1) is 0 Å². The Morgan fingerprint density at radius 1 is 1.25 bits per heavy atom. The van der Waals surface area contributed by atoms with E-state index in [2.05, 4.69) is 4.89 Å². The minimum absolute atomic E-state index is 0.